The Balaban J connectivity index is 2.23. The maximum atomic E-state index is 12.1. The number of nitrogens with zero attached hydrogens (tertiary/aromatic N) is 2. The van der Waals surface area contributed by atoms with Crippen molar-refractivity contribution in [1.82, 2.24) is 0 Å². The lowest BCUT2D eigenvalue weighted by Gasteiger charge is -2.09. The Labute approximate surface area is 177 Å². The summed E-state index contributed by atoms with van der Waals surface area (Å²) in [5.74, 6) is -0.399. The number of rotatable bonds is 5. The first kappa shape index (κ1) is 22.3. The van der Waals surface area contributed by atoms with Crippen LogP contribution in [0.1, 0.15) is 6.92 Å². The van der Waals surface area contributed by atoms with Gasteiger partial charge in [-0.15, -0.1) is 10.2 Å². The molecular formula is C18H16N4O7S2. The molecule has 0 heterocycles. The molecule has 3 rings (SSSR count). The Morgan fingerprint density at radius 3 is 2.13 bits per heavy atom. The van der Waals surface area contributed by atoms with Crippen molar-refractivity contribution in [2.24, 2.45) is 10.2 Å². The molecule has 11 nitrogen and oxygen atoms in total. The molecule has 3 aromatic carbocycles. The maximum absolute atomic E-state index is 12.1. The molecule has 0 saturated carbocycles. The second kappa shape index (κ2) is 8.03. The maximum Gasteiger partial charge on any atom is 0.297 e. The predicted molar refractivity (Wildman–Crippen MR) is 113 cm³/mol. The van der Waals surface area contributed by atoms with Gasteiger partial charge >= 0.3 is 0 Å². The molecule has 0 saturated heterocycles. The summed E-state index contributed by atoms with van der Waals surface area (Å²) in [6, 6.07) is 10.3. The van der Waals surface area contributed by atoms with E-state index in [1.54, 1.807) is 0 Å². The van der Waals surface area contributed by atoms with Gasteiger partial charge in [0.2, 0.25) is 5.91 Å². The first-order valence-electron chi connectivity index (χ1n) is 8.47. The Morgan fingerprint density at radius 2 is 1.52 bits per heavy atom. The molecule has 0 atom stereocenters. The highest BCUT2D eigenvalue weighted by atomic mass is 32.2. The Bertz CT molecular complexity index is 1450. The number of amides is 1. The normalized spacial score (nSPS) is 12.4. The Morgan fingerprint density at radius 1 is 0.903 bits per heavy atom. The number of nitrogens with one attached hydrogen (secondary N) is 1. The number of fused-ring (bicyclic) bond motifs is 1. The number of nitrogens with two attached hydrogens (primary N) is 1. The van der Waals surface area contributed by atoms with Gasteiger partial charge in [0.25, 0.3) is 20.2 Å². The molecule has 3 aromatic rings. The fourth-order valence-corrected chi connectivity index (χ4v) is 4.14. The van der Waals surface area contributed by atoms with Crippen molar-refractivity contribution in [2.75, 3.05) is 11.1 Å². The Hall–Kier alpha value is -3.39. The highest BCUT2D eigenvalue weighted by Gasteiger charge is 2.22. The summed E-state index contributed by atoms with van der Waals surface area (Å²) in [4.78, 5) is 10.1. The number of carbonyl (C=O) groups is 1. The molecule has 0 spiro atoms. The minimum Gasteiger partial charge on any atom is -0.399 e. The van der Waals surface area contributed by atoms with Gasteiger partial charge in [0.1, 0.15) is 16.3 Å². The topological polar surface area (TPSA) is 189 Å². The van der Waals surface area contributed by atoms with Crippen molar-refractivity contribution in [1.29, 1.82) is 0 Å². The summed E-state index contributed by atoms with van der Waals surface area (Å²) in [7, 11) is -9.51. The molecule has 0 aliphatic heterocycles. The summed E-state index contributed by atoms with van der Waals surface area (Å²) in [5, 5.41) is 10.4. The van der Waals surface area contributed by atoms with E-state index >= 15 is 0 Å². The molecule has 5 N–H and O–H groups in total. The van der Waals surface area contributed by atoms with Gasteiger partial charge in [-0.05, 0) is 41.8 Å². The molecule has 0 aliphatic rings. The smallest absolute Gasteiger partial charge is 0.297 e. The molecule has 162 valence electrons. The van der Waals surface area contributed by atoms with E-state index in [1.807, 2.05) is 0 Å². The van der Waals surface area contributed by atoms with Crippen LogP contribution in [0.25, 0.3) is 10.8 Å². The quantitative estimate of drug-likeness (QED) is 0.251. The third kappa shape index (κ3) is 5.03. The second-order valence-electron chi connectivity index (χ2n) is 6.40. The highest BCUT2D eigenvalue weighted by Crippen LogP contribution is 2.36. The predicted octanol–water partition coefficient (Wildman–Crippen LogP) is 3.29. The zero-order chi connectivity index (χ0) is 23.0. The van der Waals surface area contributed by atoms with Crippen LogP contribution in [0.15, 0.2) is 68.6 Å². The average molecular weight is 464 g/mol. The molecule has 1 amide bonds. The van der Waals surface area contributed by atoms with Gasteiger partial charge in [0.15, 0.2) is 0 Å². The zero-order valence-electron chi connectivity index (χ0n) is 15.8. The molecule has 0 unspecified atom stereocenters. The zero-order valence-corrected chi connectivity index (χ0v) is 17.5. The summed E-state index contributed by atoms with van der Waals surface area (Å²) in [5.41, 5.74) is 6.11. The van der Waals surface area contributed by atoms with Gasteiger partial charge in [0, 0.05) is 18.0 Å². The third-order valence-electron chi connectivity index (χ3n) is 4.08. The first-order chi connectivity index (χ1) is 14.4. The SMILES string of the molecule is CC(=O)Nc1cc(N)ccc1N=Nc1ccc2ccc(S(=O)(=O)O)cc2c1S(=O)(=O)O. The van der Waals surface area contributed by atoms with Gasteiger partial charge in [-0.3, -0.25) is 13.9 Å². The monoisotopic (exact) mass is 464 g/mol. The van der Waals surface area contributed by atoms with E-state index in [9.17, 15) is 30.7 Å². The van der Waals surface area contributed by atoms with E-state index in [0.29, 0.717) is 5.69 Å². The van der Waals surface area contributed by atoms with Crippen LogP contribution in [-0.2, 0) is 25.0 Å². The van der Waals surface area contributed by atoms with E-state index in [4.69, 9.17) is 5.73 Å². The highest BCUT2D eigenvalue weighted by molar-refractivity contribution is 7.86. The minimum absolute atomic E-state index is 0.150. The van der Waals surface area contributed by atoms with E-state index < -0.39 is 35.9 Å². The van der Waals surface area contributed by atoms with Crippen LogP contribution in [0, 0.1) is 0 Å². The number of benzene rings is 3. The number of anilines is 2. The summed E-state index contributed by atoms with van der Waals surface area (Å²) >= 11 is 0. The number of nitrogen functional groups attached to an aromatic ring is 1. The van der Waals surface area contributed by atoms with Gasteiger partial charge in [-0.25, -0.2) is 0 Å². The van der Waals surface area contributed by atoms with Crippen molar-refractivity contribution < 1.29 is 30.7 Å². The number of hydrogen-bond acceptors (Lipinski definition) is 8. The lowest BCUT2D eigenvalue weighted by atomic mass is 10.1. The van der Waals surface area contributed by atoms with Crippen molar-refractivity contribution in [3.63, 3.8) is 0 Å². The number of carbonyl (C=O) groups excluding carboxylic acids is 1. The largest absolute Gasteiger partial charge is 0.399 e. The van der Waals surface area contributed by atoms with Gasteiger partial charge in [-0.2, -0.15) is 16.8 Å². The standard InChI is InChI=1S/C18H16N4O7S2/c1-10(23)20-17-8-12(19)4-7-15(17)21-22-16-6-3-11-2-5-13(30(24,25)26)9-14(11)18(16)31(27,28)29/h2-9H,19H2,1H3,(H,20,23)(H,24,25,26)(H,27,28,29). The van der Waals surface area contributed by atoms with Crippen molar-refractivity contribution in [3.05, 3.63) is 48.5 Å². The molecule has 0 radical (unpaired) electrons. The Kier molecular flexibility index (Phi) is 5.78. The molecule has 0 aromatic heterocycles. The molecule has 0 bridgehead atoms. The number of azo groups is 1. The van der Waals surface area contributed by atoms with Crippen molar-refractivity contribution >= 4 is 59.7 Å². The fraction of sp³-hybridized carbons (Fsp3) is 0.0556. The van der Waals surface area contributed by atoms with Crippen LogP contribution in [0.5, 0.6) is 0 Å². The van der Waals surface area contributed by atoms with Crippen LogP contribution in [0.4, 0.5) is 22.7 Å². The lowest BCUT2D eigenvalue weighted by Crippen LogP contribution is -2.06. The van der Waals surface area contributed by atoms with Crippen molar-refractivity contribution in [2.45, 2.75) is 16.7 Å². The van der Waals surface area contributed by atoms with Gasteiger partial charge in [0.05, 0.1) is 10.6 Å². The van der Waals surface area contributed by atoms with Crippen LogP contribution in [0.2, 0.25) is 0 Å². The van der Waals surface area contributed by atoms with Crippen LogP contribution >= 0.6 is 0 Å². The molecular weight excluding hydrogens is 448 g/mol. The average Bonchev–Trinajstić information content (AvgIpc) is 2.64. The molecule has 31 heavy (non-hydrogen) atoms. The summed E-state index contributed by atoms with van der Waals surface area (Å²) in [6.07, 6.45) is 0. The van der Waals surface area contributed by atoms with E-state index in [0.717, 1.165) is 12.1 Å². The van der Waals surface area contributed by atoms with Crippen LogP contribution < -0.4 is 11.1 Å². The lowest BCUT2D eigenvalue weighted by molar-refractivity contribution is -0.114. The molecule has 13 heteroatoms. The number of hydrogen-bond donors (Lipinski definition) is 4. The molecule has 0 aliphatic carbocycles. The van der Waals surface area contributed by atoms with Gasteiger partial charge < -0.3 is 11.1 Å². The van der Waals surface area contributed by atoms with E-state index in [1.165, 1.54) is 43.3 Å². The van der Waals surface area contributed by atoms with Crippen LogP contribution in [-0.4, -0.2) is 31.8 Å². The summed E-state index contributed by atoms with van der Waals surface area (Å²) < 4.78 is 66.0. The van der Waals surface area contributed by atoms with Crippen LogP contribution in [0.3, 0.4) is 0 Å². The molecule has 0 fully saturated rings. The second-order valence-corrected chi connectivity index (χ2v) is 9.18. The fourth-order valence-electron chi connectivity index (χ4n) is 2.81. The minimum atomic E-state index is -4.88. The van der Waals surface area contributed by atoms with E-state index in [2.05, 4.69) is 15.5 Å². The van der Waals surface area contributed by atoms with E-state index in [-0.39, 0.29) is 27.8 Å². The van der Waals surface area contributed by atoms with Gasteiger partial charge in [-0.1, -0.05) is 12.1 Å². The summed E-state index contributed by atoms with van der Waals surface area (Å²) in [6.45, 7) is 1.27. The first-order valence-corrected chi connectivity index (χ1v) is 11.3. The van der Waals surface area contributed by atoms with Crippen molar-refractivity contribution in [3.8, 4) is 0 Å². The third-order valence-corrected chi connectivity index (χ3v) is 5.87.